The molecule has 0 saturated heterocycles. The van der Waals surface area contributed by atoms with E-state index < -0.39 is 0 Å². The number of thioether (sulfide) groups is 1. The Morgan fingerprint density at radius 2 is 1.69 bits per heavy atom. The second kappa shape index (κ2) is 13.0. The van der Waals surface area contributed by atoms with Gasteiger partial charge in [-0.1, -0.05) is 96.3 Å². The van der Waals surface area contributed by atoms with Gasteiger partial charge in [0.15, 0.2) is 0 Å². The lowest BCUT2D eigenvalue weighted by molar-refractivity contribution is -0.137. The molecule has 0 aliphatic rings. The lowest BCUT2D eigenvalue weighted by atomic mass is 10.0. The average Bonchev–Trinajstić information content (AvgIpc) is 3.44. The summed E-state index contributed by atoms with van der Waals surface area (Å²) in [5.41, 5.74) is 6.66. The number of rotatable bonds is 10. The molecule has 0 atom stereocenters. The van der Waals surface area contributed by atoms with E-state index in [0.717, 1.165) is 32.7 Å². The van der Waals surface area contributed by atoms with Crippen LogP contribution in [0.3, 0.4) is 0 Å². The maximum atomic E-state index is 11.5. The number of carbonyl (C=O) groups is 1. The van der Waals surface area contributed by atoms with Gasteiger partial charge in [0.1, 0.15) is 5.01 Å². The molecular weight excluding hydrogens is 523 g/mol. The summed E-state index contributed by atoms with van der Waals surface area (Å²) in [5, 5.41) is 13.6. The van der Waals surface area contributed by atoms with Gasteiger partial charge in [-0.3, -0.25) is 0 Å². The Hall–Kier alpha value is -4.20. The number of benzene rings is 4. The summed E-state index contributed by atoms with van der Waals surface area (Å²) in [7, 11) is 0. The van der Waals surface area contributed by atoms with E-state index in [0.29, 0.717) is 6.61 Å². The van der Waals surface area contributed by atoms with E-state index in [2.05, 4.69) is 82.2 Å². The van der Waals surface area contributed by atoms with Crippen LogP contribution in [0.5, 0.6) is 0 Å². The molecule has 0 amide bonds. The van der Waals surface area contributed by atoms with Crippen LogP contribution in [-0.2, 0) is 15.3 Å². The first-order valence-corrected chi connectivity index (χ1v) is 14.4. The molecule has 1 N–H and O–H groups in total. The number of ether oxygens (including phenoxy) is 1. The van der Waals surface area contributed by atoms with E-state index >= 15 is 0 Å². The third-order valence-electron chi connectivity index (χ3n) is 5.86. The van der Waals surface area contributed by atoms with Gasteiger partial charge in [0.05, 0.1) is 6.61 Å². The number of nitrogens with one attached hydrogen (secondary N) is 1. The average molecular weight is 550 g/mol. The van der Waals surface area contributed by atoms with Crippen molar-refractivity contribution in [3.63, 3.8) is 0 Å². The molecule has 0 aliphatic carbocycles. The quantitative estimate of drug-likeness (QED) is 0.107. The molecule has 0 unspecified atom stereocenters. The molecule has 5 aromatic rings. The Labute approximate surface area is 236 Å². The Kier molecular flexibility index (Phi) is 8.83. The third kappa shape index (κ3) is 7.22. The van der Waals surface area contributed by atoms with Gasteiger partial charge in [-0.15, -0.1) is 22.0 Å². The Balaban J connectivity index is 1.22. The summed E-state index contributed by atoms with van der Waals surface area (Å²) in [6.45, 7) is 2.15. The molecule has 0 aliphatic heterocycles. The maximum absolute atomic E-state index is 11.5. The van der Waals surface area contributed by atoms with E-state index in [1.54, 1.807) is 13.0 Å². The van der Waals surface area contributed by atoms with Crippen molar-refractivity contribution in [3.05, 3.63) is 120 Å². The number of hydrogen-bond acceptors (Lipinski definition) is 7. The van der Waals surface area contributed by atoms with Crippen molar-refractivity contribution in [3.8, 4) is 21.7 Å². The molecule has 7 heteroatoms. The van der Waals surface area contributed by atoms with Gasteiger partial charge < -0.3 is 10.1 Å². The van der Waals surface area contributed by atoms with E-state index in [1.807, 2.05) is 48.2 Å². The molecule has 0 fully saturated rings. The van der Waals surface area contributed by atoms with Gasteiger partial charge in [0, 0.05) is 28.0 Å². The standard InChI is InChI=1S/C32H27N3O2S2/c1-2-37-30(36)20-17-23-15-18-25(19-16-23)31-34-35-32(39-31)33-27-12-8-13-28(21-27)38-22-26-11-6-7-14-29(26)24-9-4-3-5-10-24/h3-21H,2,22H2,1H3,(H,33,35)/b20-17+. The van der Waals surface area contributed by atoms with E-state index in [-0.39, 0.29) is 5.97 Å². The van der Waals surface area contributed by atoms with Gasteiger partial charge in [-0.25, -0.2) is 4.79 Å². The topological polar surface area (TPSA) is 64.1 Å². The fourth-order valence-electron chi connectivity index (χ4n) is 3.98. The molecule has 0 saturated carbocycles. The summed E-state index contributed by atoms with van der Waals surface area (Å²) >= 11 is 3.31. The minimum absolute atomic E-state index is 0.346. The summed E-state index contributed by atoms with van der Waals surface area (Å²) in [6.07, 6.45) is 3.17. The van der Waals surface area contributed by atoms with Crippen LogP contribution in [0.15, 0.2) is 114 Å². The van der Waals surface area contributed by atoms with Crippen LogP contribution in [0, 0.1) is 0 Å². The van der Waals surface area contributed by atoms with Crippen molar-refractivity contribution in [2.24, 2.45) is 0 Å². The van der Waals surface area contributed by atoms with Crippen molar-refractivity contribution in [1.82, 2.24) is 10.2 Å². The van der Waals surface area contributed by atoms with Gasteiger partial charge >= 0.3 is 5.97 Å². The third-order valence-corrected chi connectivity index (χ3v) is 7.79. The largest absolute Gasteiger partial charge is 0.463 e. The summed E-state index contributed by atoms with van der Waals surface area (Å²) in [6, 6.07) is 35.3. The number of anilines is 2. The molecule has 4 aromatic carbocycles. The van der Waals surface area contributed by atoms with E-state index in [4.69, 9.17) is 4.74 Å². The summed E-state index contributed by atoms with van der Waals surface area (Å²) < 4.78 is 4.92. The molecule has 39 heavy (non-hydrogen) atoms. The molecule has 0 radical (unpaired) electrons. The van der Waals surface area contributed by atoms with Crippen LogP contribution in [0.2, 0.25) is 0 Å². The Morgan fingerprint density at radius 3 is 2.51 bits per heavy atom. The zero-order chi connectivity index (χ0) is 26.9. The highest BCUT2D eigenvalue weighted by Crippen LogP contribution is 2.33. The van der Waals surface area contributed by atoms with Gasteiger partial charge in [-0.2, -0.15) is 0 Å². The predicted molar refractivity (Wildman–Crippen MR) is 162 cm³/mol. The van der Waals surface area contributed by atoms with Crippen LogP contribution >= 0.6 is 23.1 Å². The first-order chi connectivity index (χ1) is 19.2. The van der Waals surface area contributed by atoms with Crippen LogP contribution in [0.4, 0.5) is 10.8 Å². The normalized spacial score (nSPS) is 11.0. The van der Waals surface area contributed by atoms with Crippen molar-refractivity contribution < 1.29 is 9.53 Å². The maximum Gasteiger partial charge on any atom is 0.330 e. The van der Waals surface area contributed by atoms with Crippen molar-refractivity contribution in [2.45, 2.75) is 17.6 Å². The number of nitrogens with zero attached hydrogens (tertiary/aromatic N) is 2. The zero-order valence-corrected chi connectivity index (χ0v) is 23.0. The fraction of sp³-hybridized carbons (Fsp3) is 0.0938. The molecule has 0 bridgehead atoms. The lowest BCUT2D eigenvalue weighted by Gasteiger charge is -2.10. The Morgan fingerprint density at radius 1 is 0.897 bits per heavy atom. The number of aromatic nitrogens is 2. The first-order valence-electron chi connectivity index (χ1n) is 12.6. The Bertz CT molecular complexity index is 1560. The van der Waals surface area contributed by atoms with Crippen LogP contribution in [0.25, 0.3) is 27.8 Å². The molecule has 1 aromatic heterocycles. The molecule has 1 heterocycles. The van der Waals surface area contributed by atoms with Crippen molar-refractivity contribution in [1.29, 1.82) is 0 Å². The zero-order valence-electron chi connectivity index (χ0n) is 21.4. The van der Waals surface area contributed by atoms with Gasteiger partial charge in [0.25, 0.3) is 0 Å². The number of carbonyl (C=O) groups excluding carboxylic acids is 1. The predicted octanol–water partition coefficient (Wildman–Crippen LogP) is 8.48. The minimum atomic E-state index is -0.346. The van der Waals surface area contributed by atoms with Gasteiger partial charge in [-0.05, 0) is 53.5 Å². The van der Waals surface area contributed by atoms with Crippen molar-refractivity contribution >= 4 is 46.0 Å². The van der Waals surface area contributed by atoms with E-state index in [1.165, 1.54) is 39.0 Å². The smallest absolute Gasteiger partial charge is 0.330 e. The second-order valence-electron chi connectivity index (χ2n) is 8.58. The molecular formula is C32H27N3O2S2. The number of esters is 1. The van der Waals surface area contributed by atoms with Gasteiger partial charge in [0.2, 0.25) is 5.13 Å². The summed E-state index contributed by atoms with van der Waals surface area (Å²) in [5.74, 6) is 0.531. The highest BCUT2D eigenvalue weighted by molar-refractivity contribution is 7.98. The van der Waals surface area contributed by atoms with E-state index in [9.17, 15) is 4.79 Å². The highest BCUT2D eigenvalue weighted by Gasteiger charge is 2.09. The van der Waals surface area contributed by atoms with Crippen LogP contribution in [0.1, 0.15) is 18.1 Å². The lowest BCUT2D eigenvalue weighted by Crippen LogP contribution is -1.98. The minimum Gasteiger partial charge on any atom is -0.463 e. The first kappa shape index (κ1) is 26.4. The molecule has 0 spiro atoms. The van der Waals surface area contributed by atoms with Crippen molar-refractivity contribution in [2.75, 3.05) is 11.9 Å². The molecule has 5 nitrogen and oxygen atoms in total. The SMILES string of the molecule is CCOC(=O)/C=C/c1ccc(-c2nnc(Nc3cccc(SCc4ccccc4-c4ccccc4)c3)s2)cc1. The molecule has 194 valence electrons. The van der Waals surface area contributed by atoms with Crippen LogP contribution < -0.4 is 5.32 Å². The second-order valence-corrected chi connectivity index (χ2v) is 10.6. The molecule has 5 rings (SSSR count). The summed E-state index contributed by atoms with van der Waals surface area (Å²) in [4.78, 5) is 12.7. The number of hydrogen-bond donors (Lipinski definition) is 1. The van der Waals surface area contributed by atoms with Crippen LogP contribution in [-0.4, -0.2) is 22.8 Å². The fourth-order valence-corrected chi connectivity index (χ4v) is 5.70. The monoisotopic (exact) mass is 549 g/mol. The highest BCUT2D eigenvalue weighted by atomic mass is 32.2.